The average molecular weight is 340 g/mol. The SMILES string of the molecule is C=CCCCCCC(=O)C1CC2CCCC(C1)N2Cc1ccccc1. The van der Waals surface area contributed by atoms with Crippen LogP contribution in [0.15, 0.2) is 43.0 Å². The summed E-state index contributed by atoms with van der Waals surface area (Å²) >= 11 is 0. The highest BCUT2D eigenvalue weighted by molar-refractivity contribution is 5.81. The lowest BCUT2D eigenvalue weighted by Crippen LogP contribution is -2.52. The third kappa shape index (κ3) is 5.04. The zero-order chi connectivity index (χ0) is 17.5. The number of benzene rings is 1. The summed E-state index contributed by atoms with van der Waals surface area (Å²) in [7, 11) is 0. The summed E-state index contributed by atoms with van der Waals surface area (Å²) in [6.07, 6.45) is 13.3. The molecular weight excluding hydrogens is 306 g/mol. The Hall–Kier alpha value is -1.41. The van der Waals surface area contributed by atoms with Crippen LogP contribution >= 0.6 is 0 Å². The van der Waals surface area contributed by atoms with Gasteiger partial charge in [-0.3, -0.25) is 9.69 Å². The number of carbonyl (C=O) groups excluding carboxylic acids is 1. The summed E-state index contributed by atoms with van der Waals surface area (Å²) in [4.78, 5) is 15.4. The molecule has 0 radical (unpaired) electrons. The van der Waals surface area contributed by atoms with Crippen molar-refractivity contribution in [1.29, 1.82) is 0 Å². The van der Waals surface area contributed by atoms with E-state index >= 15 is 0 Å². The highest BCUT2D eigenvalue weighted by Crippen LogP contribution is 2.38. The first-order valence-corrected chi connectivity index (χ1v) is 10.2. The van der Waals surface area contributed by atoms with E-state index in [-0.39, 0.29) is 0 Å². The van der Waals surface area contributed by atoms with Gasteiger partial charge in [0.25, 0.3) is 0 Å². The average Bonchev–Trinajstić information content (AvgIpc) is 2.62. The molecule has 2 bridgehead atoms. The van der Waals surface area contributed by atoms with Gasteiger partial charge in [-0.1, -0.05) is 49.2 Å². The Morgan fingerprint density at radius 1 is 1.08 bits per heavy atom. The number of carbonyl (C=O) groups is 1. The van der Waals surface area contributed by atoms with Crippen molar-refractivity contribution in [2.24, 2.45) is 5.92 Å². The maximum absolute atomic E-state index is 12.7. The highest BCUT2D eigenvalue weighted by atomic mass is 16.1. The predicted molar refractivity (Wildman–Crippen MR) is 104 cm³/mol. The molecule has 0 N–H and O–H groups in total. The monoisotopic (exact) mass is 339 g/mol. The van der Waals surface area contributed by atoms with E-state index in [0.29, 0.717) is 23.8 Å². The number of nitrogens with zero attached hydrogens (tertiary/aromatic N) is 1. The van der Waals surface area contributed by atoms with Gasteiger partial charge < -0.3 is 0 Å². The van der Waals surface area contributed by atoms with E-state index < -0.39 is 0 Å². The van der Waals surface area contributed by atoms with Crippen LogP contribution in [0.2, 0.25) is 0 Å². The third-order valence-corrected chi connectivity index (χ3v) is 6.12. The molecule has 2 aliphatic rings. The molecule has 1 aromatic carbocycles. The molecule has 2 aliphatic heterocycles. The summed E-state index contributed by atoms with van der Waals surface area (Å²) in [5.74, 6) is 0.858. The van der Waals surface area contributed by atoms with Gasteiger partial charge in [-0.25, -0.2) is 0 Å². The largest absolute Gasteiger partial charge is 0.299 e. The fraction of sp³-hybridized carbons (Fsp3) is 0.609. The van der Waals surface area contributed by atoms with Crippen molar-refractivity contribution in [3.05, 3.63) is 48.6 Å². The standard InChI is InChI=1S/C23H33NO/c1-2-3-4-5-9-15-23(25)20-16-21-13-10-14-22(17-20)24(21)18-19-11-7-6-8-12-19/h2,6-8,11-12,20-22H,1,3-5,9-10,13-18H2. The number of rotatable bonds is 9. The molecule has 0 aromatic heterocycles. The van der Waals surface area contributed by atoms with Crippen LogP contribution in [-0.2, 0) is 11.3 Å². The zero-order valence-electron chi connectivity index (χ0n) is 15.5. The second-order valence-corrected chi connectivity index (χ2v) is 7.92. The van der Waals surface area contributed by atoms with Gasteiger partial charge in [0.2, 0.25) is 0 Å². The van der Waals surface area contributed by atoms with Crippen molar-refractivity contribution in [2.75, 3.05) is 0 Å². The van der Waals surface area contributed by atoms with E-state index in [0.717, 1.165) is 45.1 Å². The van der Waals surface area contributed by atoms with Crippen LogP contribution in [-0.4, -0.2) is 22.8 Å². The first-order valence-electron chi connectivity index (χ1n) is 10.2. The maximum atomic E-state index is 12.7. The van der Waals surface area contributed by atoms with Crippen LogP contribution in [0.3, 0.4) is 0 Å². The van der Waals surface area contributed by atoms with Gasteiger partial charge in [0.05, 0.1) is 0 Å². The lowest BCUT2D eigenvalue weighted by molar-refractivity contribution is -0.127. The Bertz CT molecular complexity index is 538. The minimum absolute atomic E-state index is 0.321. The summed E-state index contributed by atoms with van der Waals surface area (Å²) in [5.41, 5.74) is 1.41. The van der Waals surface area contributed by atoms with Gasteiger partial charge in [0, 0.05) is 31.0 Å². The van der Waals surface area contributed by atoms with Crippen LogP contribution in [0.5, 0.6) is 0 Å². The normalized spacial score (nSPS) is 26.3. The van der Waals surface area contributed by atoms with Crippen LogP contribution in [0.4, 0.5) is 0 Å². The lowest BCUT2D eigenvalue weighted by atomic mass is 9.76. The van der Waals surface area contributed by atoms with Crippen LogP contribution in [0.1, 0.15) is 69.8 Å². The molecule has 0 spiro atoms. The molecule has 136 valence electrons. The van der Waals surface area contributed by atoms with E-state index in [9.17, 15) is 4.79 Å². The van der Waals surface area contributed by atoms with E-state index in [4.69, 9.17) is 0 Å². The van der Waals surface area contributed by atoms with E-state index in [2.05, 4.69) is 41.8 Å². The van der Waals surface area contributed by atoms with Gasteiger partial charge in [-0.15, -0.1) is 6.58 Å². The topological polar surface area (TPSA) is 20.3 Å². The number of fused-ring (bicyclic) bond motifs is 2. The molecule has 25 heavy (non-hydrogen) atoms. The minimum atomic E-state index is 0.321. The van der Waals surface area contributed by atoms with E-state index in [1.165, 1.54) is 31.2 Å². The quantitative estimate of drug-likeness (QED) is 0.436. The molecule has 1 aromatic rings. The number of hydrogen-bond acceptors (Lipinski definition) is 2. The first kappa shape index (κ1) is 18.4. The highest BCUT2D eigenvalue weighted by Gasteiger charge is 2.40. The second kappa shape index (κ2) is 9.33. The van der Waals surface area contributed by atoms with E-state index in [1.54, 1.807) is 0 Å². The Balaban J connectivity index is 1.52. The predicted octanol–water partition coefficient (Wildman–Crippen LogP) is 5.53. The van der Waals surface area contributed by atoms with Crippen molar-refractivity contribution < 1.29 is 4.79 Å². The second-order valence-electron chi connectivity index (χ2n) is 7.92. The molecule has 2 heterocycles. The number of ketones is 1. The van der Waals surface area contributed by atoms with Crippen molar-refractivity contribution in [3.63, 3.8) is 0 Å². The number of allylic oxidation sites excluding steroid dienone is 1. The van der Waals surface area contributed by atoms with Gasteiger partial charge >= 0.3 is 0 Å². The van der Waals surface area contributed by atoms with Crippen LogP contribution < -0.4 is 0 Å². The molecule has 2 saturated heterocycles. The Labute approximate surface area is 153 Å². The van der Waals surface area contributed by atoms with Gasteiger partial charge in [-0.05, 0) is 50.5 Å². The summed E-state index contributed by atoms with van der Waals surface area (Å²) in [6, 6.07) is 12.0. The minimum Gasteiger partial charge on any atom is -0.299 e. The molecule has 2 nitrogen and oxygen atoms in total. The molecule has 2 atom stereocenters. The summed E-state index contributed by atoms with van der Waals surface area (Å²) in [6.45, 7) is 4.82. The molecular formula is C23H33NO. The van der Waals surface area contributed by atoms with Crippen LogP contribution in [0.25, 0.3) is 0 Å². The molecule has 2 unspecified atom stereocenters. The number of piperidine rings is 2. The van der Waals surface area contributed by atoms with Gasteiger partial charge in [0.1, 0.15) is 5.78 Å². The Morgan fingerprint density at radius 2 is 1.80 bits per heavy atom. The van der Waals surface area contributed by atoms with Crippen molar-refractivity contribution in [2.45, 2.75) is 82.8 Å². The number of unbranched alkanes of at least 4 members (excludes halogenated alkanes) is 3. The lowest BCUT2D eigenvalue weighted by Gasteiger charge is -2.48. The molecule has 2 heteroatoms. The smallest absolute Gasteiger partial charge is 0.136 e. The van der Waals surface area contributed by atoms with Crippen molar-refractivity contribution in [3.8, 4) is 0 Å². The van der Waals surface area contributed by atoms with Crippen molar-refractivity contribution >= 4 is 5.78 Å². The van der Waals surface area contributed by atoms with Crippen LogP contribution in [0, 0.1) is 5.92 Å². The molecule has 0 saturated carbocycles. The number of hydrogen-bond donors (Lipinski definition) is 0. The summed E-state index contributed by atoms with van der Waals surface area (Å²) in [5, 5.41) is 0. The van der Waals surface area contributed by atoms with Gasteiger partial charge in [-0.2, -0.15) is 0 Å². The molecule has 0 aliphatic carbocycles. The summed E-state index contributed by atoms with van der Waals surface area (Å²) < 4.78 is 0. The number of Topliss-reactive ketones (excluding diaryl/α,β-unsaturated/α-hetero) is 1. The van der Waals surface area contributed by atoms with E-state index in [1.807, 2.05) is 6.08 Å². The zero-order valence-corrected chi connectivity index (χ0v) is 15.5. The Kier molecular flexibility index (Phi) is 6.86. The van der Waals surface area contributed by atoms with Gasteiger partial charge in [0.15, 0.2) is 0 Å². The van der Waals surface area contributed by atoms with Crippen molar-refractivity contribution in [1.82, 2.24) is 4.90 Å². The fourth-order valence-corrected chi connectivity index (χ4v) is 4.76. The maximum Gasteiger partial charge on any atom is 0.136 e. The molecule has 0 amide bonds. The third-order valence-electron chi connectivity index (χ3n) is 6.12. The Morgan fingerprint density at radius 3 is 2.48 bits per heavy atom. The first-order chi connectivity index (χ1) is 12.3. The molecule has 3 rings (SSSR count). The molecule has 2 fully saturated rings. The fourth-order valence-electron chi connectivity index (χ4n) is 4.76.